The number of hydrogen-bond acceptors (Lipinski definition) is 3. The molecule has 0 aliphatic rings. The Kier molecular flexibility index (Phi) is 11.5. The predicted molar refractivity (Wildman–Crippen MR) is 371 cm³/mol. The van der Waals surface area contributed by atoms with E-state index in [0.29, 0.717) is 23.2 Å². The fourth-order valence-corrected chi connectivity index (χ4v) is 14.1. The van der Waals surface area contributed by atoms with Gasteiger partial charge in [0.1, 0.15) is 0 Å². The van der Waals surface area contributed by atoms with Gasteiger partial charge in [0.2, 0.25) is 0 Å². The van der Waals surface area contributed by atoms with Gasteiger partial charge in [-0.2, -0.15) is 0 Å². The van der Waals surface area contributed by atoms with Crippen molar-refractivity contribution in [3.05, 3.63) is 315 Å². The highest BCUT2D eigenvalue weighted by Gasteiger charge is 2.27. The lowest BCUT2D eigenvalue weighted by Gasteiger charge is -2.19. The molecule has 18 aromatic rings. The number of benzene rings is 13. The molecule has 418 valence electrons. The lowest BCUT2D eigenvalue weighted by Crippen LogP contribution is -2.04. The fourth-order valence-electron chi connectivity index (χ4n) is 14.1. The van der Waals surface area contributed by atoms with Crippen molar-refractivity contribution in [2.24, 2.45) is 0 Å². The van der Waals surface area contributed by atoms with Crippen LogP contribution in [0.2, 0.25) is 0 Å². The van der Waals surface area contributed by atoms with Gasteiger partial charge in [0.25, 0.3) is 0 Å². The third kappa shape index (κ3) is 7.83. The van der Waals surface area contributed by atoms with Crippen LogP contribution in [0, 0.1) is 6.57 Å². The largest absolute Gasteiger partial charge is 0.309 e. The maximum Gasteiger partial charge on any atom is 0.187 e. The number of fused-ring (bicyclic) bond motifs is 14. The van der Waals surface area contributed by atoms with Gasteiger partial charge in [0.05, 0.1) is 62.1 Å². The summed E-state index contributed by atoms with van der Waals surface area (Å²) in [6, 6.07) is 108. The predicted octanol–water partition coefficient (Wildman–Crippen LogP) is 21.1. The molecule has 0 unspecified atom stereocenters. The van der Waals surface area contributed by atoms with Crippen molar-refractivity contribution in [2.75, 3.05) is 0 Å². The summed E-state index contributed by atoms with van der Waals surface area (Å²) in [6.07, 6.45) is 0. The molecular formula is C82H50N8. The standard InChI is InChI=1S/C82H50N8/c1-83-57-28-22-27-54(49-57)55-41-45-72(89-70-39-20-16-35-64(70)76-74(89)47-43-62-60-33-14-18-37-68(60)87(78(62)76)58-29-10-4-11-30-58)66(50-55)56-42-46-73(67(51-56)82-85-80(52-23-6-2-7-24-52)84-81(86-82)53-25-8-3-9-26-53)90-71-40-21-17-36-65(71)77-75(90)48-44-63-61-34-15-19-38-69(61)88(79(63)77)59-31-12-5-13-32-59/h2-51H. The van der Waals surface area contributed by atoms with E-state index in [1.165, 1.54) is 21.5 Å². The minimum Gasteiger partial charge on any atom is -0.309 e. The molecule has 0 N–H and O–H groups in total. The van der Waals surface area contributed by atoms with Crippen LogP contribution in [0.5, 0.6) is 0 Å². The summed E-state index contributed by atoms with van der Waals surface area (Å²) >= 11 is 0. The highest BCUT2D eigenvalue weighted by atomic mass is 15.1. The molecular weight excluding hydrogens is 1100 g/mol. The highest BCUT2D eigenvalue weighted by molar-refractivity contribution is 6.28. The van der Waals surface area contributed by atoms with Crippen LogP contribution >= 0.6 is 0 Å². The van der Waals surface area contributed by atoms with Crippen molar-refractivity contribution in [3.8, 4) is 79.2 Å². The third-order valence-electron chi connectivity index (χ3n) is 18.0. The number of rotatable bonds is 9. The molecule has 18 rings (SSSR count). The SMILES string of the molecule is [C-]#[N+]c1cccc(-c2ccc(-n3c4ccccc4c4c3ccc3c5ccccc5n(-c5ccccc5)c34)c(-c3ccc(-n4c5ccccc5c5c4ccc4c6ccccc6n(-c6ccccc6)c45)c(-c4nc(-c5ccccc5)nc(-c5ccccc5)n4)c3)c2)c1. The number of nitrogens with zero attached hydrogens (tertiary/aromatic N) is 8. The smallest absolute Gasteiger partial charge is 0.187 e. The van der Waals surface area contributed by atoms with Crippen molar-refractivity contribution in [3.63, 3.8) is 0 Å². The van der Waals surface area contributed by atoms with E-state index >= 15 is 0 Å². The first kappa shape index (κ1) is 50.8. The minimum atomic E-state index is 0.528. The summed E-state index contributed by atoms with van der Waals surface area (Å²) < 4.78 is 9.74. The second-order valence-corrected chi connectivity index (χ2v) is 23.0. The van der Waals surface area contributed by atoms with Gasteiger partial charge < -0.3 is 18.3 Å². The quantitative estimate of drug-likeness (QED) is 0.135. The Bertz CT molecular complexity index is 5910. The van der Waals surface area contributed by atoms with Gasteiger partial charge >= 0.3 is 0 Å². The van der Waals surface area contributed by atoms with Gasteiger partial charge in [-0.15, -0.1) is 0 Å². The van der Waals surface area contributed by atoms with E-state index in [1.807, 2.05) is 54.6 Å². The molecule has 90 heavy (non-hydrogen) atoms. The highest BCUT2D eigenvalue weighted by Crippen LogP contribution is 2.47. The summed E-state index contributed by atoms with van der Waals surface area (Å²) in [5, 5.41) is 9.34. The van der Waals surface area contributed by atoms with Crippen LogP contribution in [0.4, 0.5) is 5.69 Å². The van der Waals surface area contributed by atoms with E-state index in [9.17, 15) is 0 Å². The van der Waals surface area contributed by atoms with Crippen molar-refractivity contribution < 1.29 is 0 Å². The van der Waals surface area contributed by atoms with Crippen molar-refractivity contribution in [1.82, 2.24) is 33.2 Å². The molecule has 5 heterocycles. The van der Waals surface area contributed by atoms with Crippen LogP contribution in [-0.4, -0.2) is 33.2 Å². The molecule has 0 saturated heterocycles. The lowest BCUT2D eigenvalue weighted by atomic mass is 9.95. The Balaban J connectivity index is 0.962. The Morgan fingerprint density at radius 3 is 1.14 bits per heavy atom. The molecule has 0 amide bonds. The van der Waals surface area contributed by atoms with E-state index in [-0.39, 0.29) is 0 Å². The van der Waals surface area contributed by atoms with Crippen LogP contribution in [-0.2, 0) is 0 Å². The summed E-state index contributed by atoms with van der Waals surface area (Å²) in [4.78, 5) is 20.2. The van der Waals surface area contributed by atoms with Gasteiger partial charge in [-0.1, -0.05) is 212 Å². The Morgan fingerprint density at radius 2 is 0.644 bits per heavy atom. The van der Waals surface area contributed by atoms with Crippen LogP contribution in [0.3, 0.4) is 0 Å². The molecule has 5 aromatic heterocycles. The molecule has 8 nitrogen and oxygen atoms in total. The minimum absolute atomic E-state index is 0.528. The molecule has 0 aliphatic heterocycles. The topological polar surface area (TPSA) is 62.8 Å². The maximum atomic E-state index is 8.07. The Hall–Kier alpha value is -12.4. The van der Waals surface area contributed by atoms with Crippen LogP contribution in [0.1, 0.15) is 0 Å². The lowest BCUT2D eigenvalue weighted by molar-refractivity contribution is 1.06. The van der Waals surface area contributed by atoms with Crippen molar-refractivity contribution in [1.29, 1.82) is 0 Å². The second-order valence-electron chi connectivity index (χ2n) is 23.0. The molecule has 0 spiro atoms. The molecule has 0 atom stereocenters. The summed E-state index contributed by atoms with van der Waals surface area (Å²) in [5.41, 5.74) is 20.0. The van der Waals surface area contributed by atoms with Gasteiger partial charge in [0.15, 0.2) is 23.2 Å². The van der Waals surface area contributed by atoms with Crippen LogP contribution in [0.25, 0.3) is 171 Å². The molecule has 0 saturated carbocycles. The van der Waals surface area contributed by atoms with Gasteiger partial charge in [0, 0.05) is 76.7 Å². The van der Waals surface area contributed by atoms with Crippen LogP contribution in [0.15, 0.2) is 303 Å². The van der Waals surface area contributed by atoms with E-state index in [1.54, 1.807) is 0 Å². The molecule has 0 radical (unpaired) electrons. The molecule has 8 heteroatoms. The first-order valence-corrected chi connectivity index (χ1v) is 30.3. The van der Waals surface area contributed by atoms with Gasteiger partial charge in [-0.05, 0) is 108 Å². The zero-order valence-corrected chi connectivity index (χ0v) is 48.4. The molecule has 13 aromatic carbocycles. The van der Waals surface area contributed by atoms with E-state index in [4.69, 9.17) is 21.5 Å². The zero-order chi connectivity index (χ0) is 59.4. The monoisotopic (exact) mass is 1150 g/mol. The van der Waals surface area contributed by atoms with Crippen molar-refractivity contribution in [2.45, 2.75) is 0 Å². The normalized spacial score (nSPS) is 11.8. The Morgan fingerprint density at radius 1 is 0.256 bits per heavy atom. The van der Waals surface area contributed by atoms with E-state index < -0.39 is 0 Å². The number of hydrogen-bond donors (Lipinski definition) is 0. The maximum absolute atomic E-state index is 8.07. The fraction of sp³-hybridized carbons (Fsp3) is 0. The second kappa shape index (κ2) is 20.3. The van der Waals surface area contributed by atoms with E-state index in [0.717, 1.165) is 127 Å². The first-order valence-electron chi connectivity index (χ1n) is 30.3. The third-order valence-corrected chi connectivity index (χ3v) is 18.0. The average Bonchev–Trinajstić information content (AvgIpc) is 1.56. The molecule has 0 bridgehead atoms. The zero-order valence-electron chi connectivity index (χ0n) is 48.4. The molecule has 0 fully saturated rings. The van der Waals surface area contributed by atoms with Gasteiger partial charge in [-0.25, -0.2) is 19.8 Å². The van der Waals surface area contributed by atoms with Crippen molar-refractivity contribution >= 4 is 92.9 Å². The summed E-state index contributed by atoms with van der Waals surface area (Å²) in [7, 11) is 0. The molecule has 0 aliphatic carbocycles. The number of aromatic nitrogens is 7. The first-order chi connectivity index (χ1) is 44.6. The van der Waals surface area contributed by atoms with Crippen LogP contribution < -0.4 is 0 Å². The number of para-hydroxylation sites is 6. The van der Waals surface area contributed by atoms with Gasteiger partial charge in [-0.3, -0.25) is 0 Å². The van der Waals surface area contributed by atoms with E-state index in [2.05, 4.69) is 272 Å². The Labute approximate surface area is 517 Å². The summed E-state index contributed by atoms with van der Waals surface area (Å²) in [5.74, 6) is 1.67. The average molecular weight is 1150 g/mol. The summed E-state index contributed by atoms with van der Waals surface area (Å²) in [6.45, 7) is 8.07.